The Hall–Kier alpha value is -2.95. The SMILES string of the molecule is C[C@@H]1Cc2ccccc2N1C(=O)c1cc(-c2cccnc2)on1. The van der Waals surface area contributed by atoms with Crippen molar-refractivity contribution in [3.8, 4) is 11.3 Å². The van der Waals surface area contributed by atoms with Gasteiger partial charge in [0, 0.05) is 35.8 Å². The fourth-order valence-electron chi connectivity index (χ4n) is 3.02. The van der Waals surface area contributed by atoms with Crippen molar-refractivity contribution >= 4 is 11.6 Å². The van der Waals surface area contributed by atoms with E-state index in [1.807, 2.05) is 37.3 Å². The van der Waals surface area contributed by atoms with E-state index in [0.717, 1.165) is 17.7 Å². The molecule has 1 aliphatic rings. The molecule has 1 amide bonds. The molecule has 0 fully saturated rings. The summed E-state index contributed by atoms with van der Waals surface area (Å²) in [5.74, 6) is 0.405. The van der Waals surface area contributed by atoms with Crippen LogP contribution < -0.4 is 4.90 Å². The van der Waals surface area contributed by atoms with Gasteiger partial charge in [-0.05, 0) is 37.1 Å². The van der Waals surface area contributed by atoms with E-state index in [1.165, 1.54) is 5.56 Å². The topological polar surface area (TPSA) is 59.2 Å². The molecule has 4 rings (SSSR count). The third-order valence-corrected chi connectivity index (χ3v) is 4.10. The van der Waals surface area contributed by atoms with Crippen LogP contribution in [0.15, 0.2) is 59.4 Å². The molecule has 3 aromatic rings. The minimum atomic E-state index is -0.138. The molecule has 1 atom stereocenters. The highest BCUT2D eigenvalue weighted by molar-refractivity contribution is 6.06. The second-order valence-corrected chi connectivity index (χ2v) is 5.68. The van der Waals surface area contributed by atoms with Crippen LogP contribution in [0.1, 0.15) is 23.0 Å². The Bertz CT molecular complexity index is 857. The van der Waals surface area contributed by atoms with E-state index >= 15 is 0 Å². The summed E-state index contributed by atoms with van der Waals surface area (Å²) in [6.07, 6.45) is 4.23. The summed E-state index contributed by atoms with van der Waals surface area (Å²) in [4.78, 5) is 18.7. The predicted octanol–water partition coefficient (Wildman–Crippen LogP) is 3.33. The smallest absolute Gasteiger partial charge is 0.280 e. The number of anilines is 1. The van der Waals surface area contributed by atoms with Gasteiger partial charge in [0.2, 0.25) is 0 Å². The number of aromatic nitrogens is 2. The predicted molar refractivity (Wildman–Crippen MR) is 86.2 cm³/mol. The minimum absolute atomic E-state index is 0.110. The Morgan fingerprint density at radius 2 is 2.13 bits per heavy atom. The van der Waals surface area contributed by atoms with Crippen LogP contribution in [0.3, 0.4) is 0 Å². The lowest BCUT2D eigenvalue weighted by Gasteiger charge is -2.21. The molecule has 114 valence electrons. The number of carbonyl (C=O) groups excluding carboxylic acids is 1. The first kappa shape index (κ1) is 13.7. The van der Waals surface area contributed by atoms with Gasteiger partial charge < -0.3 is 9.42 Å². The summed E-state index contributed by atoms with van der Waals surface area (Å²) >= 11 is 0. The minimum Gasteiger partial charge on any atom is -0.355 e. The molecule has 5 heteroatoms. The normalized spacial score (nSPS) is 16.4. The van der Waals surface area contributed by atoms with E-state index in [-0.39, 0.29) is 11.9 Å². The maximum atomic E-state index is 12.9. The number of benzene rings is 1. The Kier molecular flexibility index (Phi) is 3.19. The summed E-state index contributed by atoms with van der Waals surface area (Å²) in [5.41, 5.74) is 3.25. The van der Waals surface area contributed by atoms with Gasteiger partial charge in [-0.15, -0.1) is 0 Å². The highest BCUT2D eigenvalue weighted by atomic mass is 16.5. The molecular formula is C18H15N3O2. The molecule has 0 saturated carbocycles. The average Bonchev–Trinajstić information content (AvgIpc) is 3.19. The molecule has 0 unspecified atom stereocenters. The number of para-hydroxylation sites is 1. The zero-order valence-electron chi connectivity index (χ0n) is 12.6. The Morgan fingerprint density at radius 1 is 1.26 bits per heavy atom. The van der Waals surface area contributed by atoms with Gasteiger partial charge in [-0.25, -0.2) is 0 Å². The molecule has 0 spiro atoms. The number of nitrogens with zero attached hydrogens (tertiary/aromatic N) is 3. The largest absolute Gasteiger partial charge is 0.355 e. The number of carbonyl (C=O) groups is 1. The standard InChI is InChI=1S/C18H15N3O2/c1-12-9-13-5-2-3-7-16(13)21(12)18(22)15-10-17(23-20-15)14-6-4-8-19-11-14/h2-8,10-12H,9H2,1H3/t12-/m1/s1. The molecule has 3 heterocycles. The van der Waals surface area contributed by atoms with E-state index < -0.39 is 0 Å². The Morgan fingerprint density at radius 3 is 2.96 bits per heavy atom. The second kappa shape index (κ2) is 5.35. The van der Waals surface area contributed by atoms with Gasteiger partial charge in [0.05, 0.1) is 0 Å². The molecule has 1 aliphatic heterocycles. The second-order valence-electron chi connectivity index (χ2n) is 5.68. The van der Waals surface area contributed by atoms with E-state index in [2.05, 4.69) is 16.2 Å². The van der Waals surface area contributed by atoms with Gasteiger partial charge >= 0.3 is 0 Å². The molecule has 0 radical (unpaired) electrons. The average molecular weight is 305 g/mol. The van der Waals surface area contributed by atoms with Crippen molar-refractivity contribution in [2.24, 2.45) is 0 Å². The zero-order valence-corrected chi connectivity index (χ0v) is 12.6. The molecule has 0 saturated heterocycles. The fourth-order valence-corrected chi connectivity index (χ4v) is 3.02. The van der Waals surface area contributed by atoms with Crippen LogP contribution in [0.5, 0.6) is 0 Å². The van der Waals surface area contributed by atoms with Crippen molar-refractivity contribution in [1.29, 1.82) is 0 Å². The summed E-state index contributed by atoms with van der Waals surface area (Å²) in [5, 5.41) is 3.95. The van der Waals surface area contributed by atoms with Crippen LogP contribution >= 0.6 is 0 Å². The number of pyridine rings is 1. The number of amides is 1. The molecule has 0 aliphatic carbocycles. The first-order valence-corrected chi connectivity index (χ1v) is 7.52. The van der Waals surface area contributed by atoms with Crippen molar-refractivity contribution in [2.45, 2.75) is 19.4 Å². The van der Waals surface area contributed by atoms with Crippen LogP contribution in [0, 0.1) is 0 Å². The molecule has 0 N–H and O–H groups in total. The fraction of sp³-hybridized carbons (Fsp3) is 0.167. The molecule has 2 aromatic heterocycles. The van der Waals surface area contributed by atoms with Gasteiger partial charge in [-0.3, -0.25) is 9.78 Å². The lowest BCUT2D eigenvalue weighted by molar-refractivity contribution is 0.0973. The van der Waals surface area contributed by atoms with Crippen molar-refractivity contribution in [3.05, 3.63) is 66.1 Å². The number of fused-ring (bicyclic) bond motifs is 1. The van der Waals surface area contributed by atoms with E-state index in [9.17, 15) is 4.79 Å². The van der Waals surface area contributed by atoms with E-state index in [4.69, 9.17) is 4.52 Å². The van der Waals surface area contributed by atoms with E-state index in [0.29, 0.717) is 11.5 Å². The first-order valence-electron chi connectivity index (χ1n) is 7.52. The third-order valence-electron chi connectivity index (χ3n) is 4.10. The monoisotopic (exact) mass is 305 g/mol. The number of hydrogen-bond donors (Lipinski definition) is 0. The van der Waals surface area contributed by atoms with Crippen molar-refractivity contribution in [3.63, 3.8) is 0 Å². The third kappa shape index (κ3) is 2.30. The lowest BCUT2D eigenvalue weighted by atomic mass is 10.1. The van der Waals surface area contributed by atoms with Gasteiger partial charge in [-0.1, -0.05) is 23.4 Å². The van der Waals surface area contributed by atoms with Crippen LogP contribution in [0.2, 0.25) is 0 Å². The van der Waals surface area contributed by atoms with Gasteiger partial charge in [0.1, 0.15) is 0 Å². The molecule has 5 nitrogen and oxygen atoms in total. The molecule has 23 heavy (non-hydrogen) atoms. The van der Waals surface area contributed by atoms with Crippen LogP contribution in [-0.2, 0) is 6.42 Å². The maximum absolute atomic E-state index is 12.9. The molecular weight excluding hydrogens is 290 g/mol. The summed E-state index contributed by atoms with van der Waals surface area (Å²) < 4.78 is 5.32. The van der Waals surface area contributed by atoms with Crippen molar-refractivity contribution in [2.75, 3.05) is 4.90 Å². The van der Waals surface area contributed by atoms with Crippen LogP contribution in [-0.4, -0.2) is 22.1 Å². The quantitative estimate of drug-likeness (QED) is 0.728. The Labute approximate surface area is 133 Å². The highest BCUT2D eigenvalue weighted by Gasteiger charge is 2.32. The zero-order chi connectivity index (χ0) is 15.8. The first-order chi connectivity index (χ1) is 11.2. The summed E-state index contributed by atoms with van der Waals surface area (Å²) in [7, 11) is 0. The van der Waals surface area contributed by atoms with Gasteiger partial charge in [-0.2, -0.15) is 0 Å². The van der Waals surface area contributed by atoms with Crippen molar-refractivity contribution < 1.29 is 9.32 Å². The Balaban J connectivity index is 1.67. The molecule has 0 bridgehead atoms. The van der Waals surface area contributed by atoms with Gasteiger partial charge in [0.25, 0.3) is 5.91 Å². The number of rotatable bonds is 2. The van der Waals surface area contributed by atoms with Crippen LogP contribution in [0.25, 0.3) is 11.3 Å². The van der Waals surface area contributed by atoms with E-state index in [1.54, 1.807) is 23.4 Å². The van der Waals surface area contributed by atoms with Crippen molar-refractivity contribution in [1.82, 2.24) is 10.1 Å². The summed E-state index contributed by atoms with van der Waals surface area (Å²) in [6, 6.07) is 13.4. The maximum Gasteiger partial charge on any atom is 0.280 e. The molecule has 1 aromatic carbocycles. The lowest BCUT2D eigenvalue weighted by Crippen LogP contribution is -2.35. The highest BCUT2D eigenvalue weighted by Crippen LogP contribution is 2.33. The summed E-state index contributed by atoms with van der Waals surface area (Å²) in [6.45, 7) is 2.04. The number of hydrogen-bond acceptors (Lipinski definition) is 4. The van der Waals surface area contributed by atoms with Crippen LogP contribution in [0.4, 0.5) is 5.69 Å². The van der Waals surface area contributed by atoms with Gasteiger partial charge in [0.15, 0.2) is 11.5 Å².